The Labute approximate surface area is 147 Å². The molecule has 130 valence electrons. The van der Waals surface area contributed by atoms with Crippen molar-refractivity contribution in [2.45, 2.75) is 4.90 Å². The molecule has 0 saturated heterocycles. The number of fused-ring (bicyclic) bond motifs is 2. The fourth-order valence-electron chi connectivity index (χ4n) is 2.54. The van der Waals surface area contributed by atoms with Crippen LogP contribution in [0.2, 0.25) is 0 Å². The molecule has 26 heavy (non-hydrogen) atoms. The van der Waals surface area contributed by atoms with E-state index in [0.717, 1.165) is 11.6 Å². The SMILES string of the molecule is CS(=O)(=O)c1ccc2ncnc(Oc3ccc4ccc(=O)oc4c3)c2c1. The molecule has 4 rings (SSSR count). The van der Waals surface area contributed by atoms with Crippen LogP contribution >= 0.6 is 0 Å². The predicted octanol–water partition coefficient (Wildman–Crippen LogP) is 2.93. The summed E-state index contributed by atoms with van der Waals surface area (Å²) >= 11 is 0. The van der Waals surface area contributed by atoms with E-state index in [1.165, 1.54) is 24.5 Å². The van der Waals surface area contributed by atoms with Gasteiger partial charge in [-0.15, -0.1) is 0 Å². The van der Waals surface area contributed by atoms with Gasteiger partial charge in [0.15, 0.2) is 9.84 Å². The average molecular weight is 368 g/mol. The van der Waals surface area contributed by atoms with Gasteiger partial charge in [-0.05, 0) is 36.4 Å². The van der Waals surface area contributed by atoms with E-state index < -0.39 is 15.5 Å². The second-order valence-electron chi connectivity index (χ2n) is 5.69. The van der Waals surface area contributed by atoms with E-state index in [1.807, 2.05) is 0 Å². The number of nitrogens with zero attached hydrogens (tertiary/aromatic N) is 2. The highest BCUT2D eigenvalue weighted by atomic mass is 32.2. The van der Waals surface area contributed by atoms with E-state index >= 15 is 0 Å². The normalized spacial score (nSPS) is 11.7. The molecule has 2 heterocycles. The van der Waals surface area contributed by atoms with Gasteiger partial charge in [0.1, 0.15) is 17.7 Å². The van der Waals surface area contributed by atoms with Crippen molar-refractivity contribution in [2.75, 3.05) is 6.26 Å². The maximum absolute atomic E-state index is 11.8. The van der Waals surface area contributed by atoms with Gasteiger partial charge in [-0.1, -0.05) is 0 Å². The van der Waals surface area contributed by atoms with Crippen LogP contribution in [0.5, 0.6) is 11.6 Å². The maximum Gasteiger partial charge on any atom is 0.336 e. The molecule has 0 spiro atoms. The van der Waals surface area contributed by atoms with E-state index in [2.05, 4.69) is 9.97 Å². The van der Waals surface area contributed by atoms with Crippen molar-refractivity contribution in [1.29, 1.82) is 0 Å². The third-order valence-corrected chi connectivity index (χ3v) is 4.92. The summed E-state index contributed by atoms with van der Waals surface area (Å²) in [5.74, 6) is 0.606. The Morgan fingerprint density at radius 2 is 1.81 bits per heavy atom. The first-order valence-electron chi connectivity index (χ1n) is 7.57. The molecule has 2 aromatic heterocycles. The second-order valence-corrected chi connectivity index (χ2v) is 7.70. The summed E-state index contributed by atoms with van der Waals surface area (Å²) in [7, 11) is -3.38. The quantitative estimate of drug-likeness (QED) is 0.513. The molecule has 7 nitrogen and oxygen atoms in total. The second kappa shape index (κ2) is 5.92. The Hall–Kier alpha value is -3.26. The standard InChI is InChI=1S/C18H12N2O5S/c1-26(22,23)13-5-6-15-14(9-13)18(20-10-19-15)24-12-4-2-11-3-7-17(21)25-16(11)8-12/h2-10H,1H3. The molecule has 0 N–H and O–H groups in total. The lowest BCUT2D eigenvalue weighted by molar-refractivity contribution is 0.466. The number of ether oxygens (including phenoxy) is 1. The minimum Gasteiger partial charge on any atom is -0.438 e. The molecule has 0 bridgehead atoms. The van der Waals surface area contributed by atoms with E-state index in [4.69, 9.17) is 9.15 Å². The molecule has 0 aliphatic heterocycles. The van der Waals surface area contributed by atoms with Crippen LogP contribution in [-0.2, 0) is 9.84 Å². The van der Waals surface area contributed by atoms with Gasteiger partial charge in [0.05, 0.1) is 15.8 Å². The summed E-state index contributed by atoms with van der Waals surface area (Å²) in [5.41, 5.74) is 0.472. The first-order valence-corrected chi connectivity index (χ1v) is 9.46. The molecule has 8 heteroatoms. The molecular formula is C18H12N2O5S. The largest absolute Gasteiger partial charge is 0.438 e. The molecule has 0 aliphatic rings. The zero-order chi connectivity index (χ0) is 18.3. The van der Waals surface area contributed by atoms with Gasteiger partial charge in [-0.25, -0.2) is 23.2 Å². The van der Waals surface area contributed by atoms with Crippen molar-refractivity contribution in [3.05, 3.63) is 65.3 Å². The van der Waals surface area contributed by atoms with Crippen LogP contribution in [0.25, 0.3) is 21.9 Å². The van der Waals surface area contributed by atoms with Crippen molar-refractivity contribution < 1.29 is 17.6 Å². The van der Waals surface area contributed by atoms with E-state index in [9.17, 15) is 13.2 Å². The Balaban J connectivity index is 1.83. The summed E-state index contributed by atoms with van der Waals surface area (Å²) in [6.45, 7) is 0. The minimum absolute atomic E-state index is 0.147. The highest BCUT2D eigenvalue weighted by Crippen LogP contribution is 2.30. The number of sulfone groups is 1. The van der Waals surface area contributed by atoms with Gasteiger partial charge >= 0.3 is 5.63 Å². The van der Waals surface area contributed by atoms with Crippen molar-refractivity contribution in [1.82, 2.24) is 9.97 Å². The molecule has 0 fully saturated rings. The third kappa shape index (κ3) is 3.02. The molecule has 0 saturated carbocycles. The molecule has 0 amide bonds. The van der Waals surface area contributed by atoms with Crippen LogP contribution in [0.1, 0.15) is 0 Å². The fraction of sp³-hybridized carbons (Fsp3) is 0.0556. The Morgan fingerprint density at radius 3 is 2.62 bits per heavy atom. The van der Waals surface area contributed by atoms with Gasteiger partial charge in [-0.2, -0.15) is 0 Å². The molecular weight excluding hydrogens is 356 g/mol. The summed E-state index contributed by atoms with van der Waals surface area (Å²) < 4.78 is 34.5. The van der Waals surface area contributed by atoms with Crippen molar-refractivity contribution >= 4 is 31.7 Å². The van der Waals surface area contributed by atoms with Gasteiger partial charge in [0, 0.05) is 23.8 Å². The van der Waals surface area contributed by atoms with Crippen LogP contribution in [0.15, 0.2) is 69.0 Å². The van der Waals surface area contributed by atoms with Crippen LogP contribution in [0.4, 0.5) is 0 Å². The van der Waals surface area contributed by atoms with Gasteiger partial charge < -0.3 is 9.15 Å². The average Bonchev–Trinajstić information content (AvgIpc) is 2.60. The van der Waals surface area contributed by atoms with E-state index in [0.29, 0.717) is 22.2 Å². The number of hydrogen-bond donors (Lipinski definition) is 0. The van der Waals surface area contributed by atoms with Crippen molar-refractivity contribution in [2.24, 2.45) is 0 Å². The fourth-order valence-corrected chi connectivity index (χ4v) is 3.19. The lowest BCUT2D eigenvalue weighted by Crippen LogP contribution is -1.98. The zero-order valence-corrected chi connectivity index (χ0v) is 14.4. The zero-order valence-electron chi connectivity index (χ0n) is 13.5. The lowest BCUT2D eigenvalue weighted by atomic mass is 10.2. The number of hydrogen-bond acceptors (Lipinski definition) is 7. The monoisotopic (exact) mass is 368 g/mol. The van der Waals surface area contributed by atoms with Crippen molar-refractivity contribution in [3.8, 4) is 11.6 Å². The van der Waals surface area contributed by atoms with Crippen molar-refractivity contribution in [3.63, 3.8) is 0 Å². The topological polar surface area (TPSA) is 99.4 Å². The summed E-state index contributed by atoms with van der Waals surface area (Å²) in [5, 5.41) is 1.22. The number of benzene rings is 2. The Bertz CT molecular complexity index is 1310. The molecule has 0 aliphatic carbocycles. The molecule has 0 atom stereocenters. The summed E-state index contributed by atoms with van der Waals surface area (Å²) in [4.78, 5) is 19.7. The minimum atomic E-state index is -3.38. The smallest absolute Gasteiger partial charge is 0.336 e. The number of aromatic nitrogens is 2. The van der Waals surface area contributed by atoms with Gasteiger partial charge in [-0.3, -0.25) is 0 Å². The van der Waals surface area contributed by atoms with Crippen LogP contribution in [0.3, 0.4) is 0 Å². The van der Waals surface area contributed by atoms with E-state index in [-0.39, 0.29) is 10.8 Å². The first-order chi connectivity index (χ1) is 12.4. The van der Waals surface area contributed by atoms with Gasteiger partial charge in [0.2, 0.25) is 5.88 Å². The molecule has 2 aromatic carbocycles. The predicted molar refractivity (Wildman–Crippen MR) is 95.2 cm³/mol. The number of rotatable bonds is 3. The maximum atomic E-state index is 11.8. The molecule has 4 aromatic rings. The Morgan fingerprint density at radius 1 is 1.00 bits per heavy atom. The molecule has 0 radical (unpaired) electrons. The Kier molecular flexibility index (Phi) is 3.69. The van der Waals surface area contributed by atoms with Gasteiger partial charge in [0.25, 0.3) is 0 Å². The highest BCUT2D eigenvalue weighted by Gasteiger charge is 2.13. The first kappa shape index (κ1) is 16.2. The summed E-state index contributed by atoms with van der Waals surface area (Å²) in [6.07, 6.45) is 2.46. The summed E-state index contributed by atoms with van der Waals surface area (Å²) in [6, 6.07) is 12.6. The van der Waals surface area contributed by atoms with E-state index in [1.54, 1.807) is 30.3 Å². The third-order valence-electron chi connectivity index (χ3n) is 3.81. The lowest BCUT2D eigenvalue weighted by Gasteiger charge is -2.09. The van der Waals surface area contributed by atoms with Crippen LogP contribution in [-0.4, -0.2) is 24.6 Å². The molecule has 0 unspecified atom stereocenters. The highest BCUT2D eigenvalue weighted by molar-refractivity contribution is 7.90. The van der Waals surface area contributed by atoms with Crippen LogP contribution < -0.4 is 10.4 Å². The van der Waals surface area contributed by atoms with Crippen LogP contribution in [0, 0.1) is 0 Å².